The first-order valence-corrected chi connectivity index (χ1v) is 10.1. The Morgan fingerprint density at radius 1 is 1.33 bits per heavy atom. The minimum absolute atomic E-state index is 0.000179. The first-order chi connectivity index (χ1) is 15.7. The molecule has 2 aliphatic rings. The Balaban J connectivity index is 1.50. The van der Waals surface area contributed by atoms with Gasteiger partial charge in [0.15, 0.2) is 17.5 Å². The molecule has 12 heteroatoms. The van der Waals surface area contributed by atoms with Gasteiger partial charge in [-0.25, -0.2) is 4.68 Å². The van der Waals surface area contributed by atoms with Crippen LogP contribution in [0.5, 0.6) is 11.5 Å². The van der Waals surface area contributed by atoms with Gasteiger partial charge < -0.3 is 29.6 Å². The molecule has 2 aromatic heterocycles. The van der Waals surface area contributed by atoms with Crippen LogP contribution in [0.1, 0.15) is 53.2 Å². The van der Waals surface area contributed by atoms with Crippen molar-refractivity contribution < 1.29 is 37.0 Å². The Hall–Kier alpha value is -3.67. The van der Waals surface area contributed by atoms with Gasteiger partial charge in [0, 0.05) is 18.1 Å². The second kappa shape index (κ2) is 7.73. The molecular formula is C21H19F3N4O5. The van der Waals surface area contributed by atoms with Gasteiger partial charge in [0.2, 0.25) is 6.79 Å². The number of aliphatic hydroxyl groups excluding tert-OH is 1. The van der Waals surface area contributed by atoms with Gasteiger partial charge in [0.05, 0.1) is 30.3 Å². The maximum Gasteiger partial charge on any atom is 0.410 e. The fraction of sp³-hybridized carbons (Fsp3) is 0.333. The third-order valence-corrected chi connectivity index (χ3v) is 5.61. The van der Waals surface area contributed by atoms with Crippen LogP contribution in [0.3, 0.4) is 0 Å². The van der Waals surface area contributed by atoms with E-state index in [0.717, 1.165) is 10.9 Å². The maximum absolute atomic E-state index is 13.8. The van der Waals surface area contributed by atoms with Crippen LogP contribution in [0.2, 0.25) is 0 Å². The molecule has 9 nitrogen and oxygen atoms in total. The molecule has 3 N–H and O–H groups in total. The van der Waals surface area contributed by atoms with E-state index in [9.17, 15) is 23.1 Å². The zero-order valence-electron chi connectivity index (χ0n) is 17.2. The van der Waals surface area contributed by atoms with E-state index in [2.05, 4.69) is 15.7 Å². The molecule has 174 valence electrons. The van der Waals surface area contributed by atoms with Gasteiger partial charge in [0.25, 0.3) is 5.91 Å². The van der Waals surface area contributed by atoms with Gasteiger partial charge in [-0.1, -0.05) is 0 Å². The first kappa shape index (κ1) is 21.2. The molecule has 0 radical (unpaired) electrons. The summed E-state index contributed by atoms with van der Waals surface area (Å²) in [7, 11) is 0. The number of carbonyl (C=O) groups is 1. The summed E-state index contributed by atoms with van der Waals surface area (Å²) >= 11 is 0. The number of aliphatic hydroxyl groups is 1. The number of hydrogen-bond donors (Lipinski definition) is 3. The minimum atomic E-state index is -4.59. The summed E-state index contributed by atoms with van der Waals surface area (Å²) < 4.78 is 58.0. The normalized spacial score (nSPS) is 20.2. The highest BCUT2D eigenvalue weighted by Gasteiger charge is 2.47. The smallest absolute Gasteiger partial charge is 0.410 e. The predicted octanol–water partition coefficient (Wildman–Crippen LogP) is 4.17. The highest BCUT2D eigenvalue weighted by atomic mass is 19.4. The zero-order valence-corrected chi connectivity index (χ0v) is 17.2. The summed E-state index contributed by atoms with van der Waals surface area (Å²) in [6.45, 7) is 1.51. The lowest BCUT2D eigenvalue weighted by atomic mass is 10.0. The summed E-state index contributed by atoms with van der Waals surface area (Å²) in [5.74, 6) is 0.324. The van der Waals surface area contributed by atoms with Crippen molar-refractivity contribution in [1.82, 2.24) is 9.78 Å². The fourth-order valence-corrected chi connectivity index (χ4v) is 4.01. The molecule has 0 saturated carbocycles. The molecule has 1 amide bonds. The minimum Gasteiger partial charge on any atom is -0.467 e. The number of ether oxygens (including phenoxy) is 2. The second-order valence-corrected chi connectivity index (χ2v) is 7.78. The molecule has 5 rings (SSSR count). The summed E-state index contributed by atoms with van der Waals surface area (Å²) in [6, 6.07) is 3.44. The molecule has 0 saturated heterocycles. The molecular weight excluding hydrogens is 445 g/mol. The largest absolute Gasteiger partial charge is 0.467 e. The second-order valence-electron chi connectivity index (χ2n) is 7.78. The van der Waals surface area contributed by atoms with E-state index < -0.39 is 30.3 Å². The number of carbonyl (C=O) groups excluding carboxylic acids is 1. The van der Waals surface area contributed by atoms with E-state index in [1.165, 1.54) is 19.3 Å². The van der Waals surface area contributed by atoms with E-state index in [0.29, 0.717) is 22.8 Å². The Bertz CT molecular complexity index is 1190. The maximum atomic E-state index is 13.8. The number of furan rings is 1. The Morgan fingerprint density at radius 3 is 2.76 bits per heavy atom. The Labute approximate surface area is 185 Å². The van der Waals surface area contributed by atoms with Crippen LogP contribution in [-0.4, -0.2) is 33.8 Å². The van der Waals surface area contributed by atoms with E-state index in [4.69, 9.17) is 13.9 Å². The topological polar surface area (TPSA) is 111 Å². The number of halogens is 3. The molecule has 4 heterocycles. The van der Waals surface area contributed by atoms with E-state index >= 15 is 0 Å². The van der Waals surface area contributed by atoms with E-state index in [-0.39, 0.29) is 30.3 Å². The van der Waals surface area contributed by atoms with Gasteiger partial charge in [-0.05, 0) is 25.1 Å². The van der Waals surface area contributed by atoms with Crippen molar-refractivity contribution in [2.75, 3.05) is 17.4 Å². The van der Waals surface area contributed by atoms with Gasteiger partial charge in [0.1, 0.15) is 17.1 Å². The zero-order chi connectivity index (χ0) is 23.3. The highest BCUT2D eigenvalue weighted by Crippen LogP contribution is 2.45. The van der Waals surface area contributed by atoms with Crippen molar-refractivity contribution in [1.29, 1.82) is 0 Å². The van der Waals surface area contributed by atoms with Crippen LogP contribution in [0.15, 0.2) is 41.1 Å². The molecule has 0 unspecified atom stereocenters. The third kappa shape index (κ3) is 3.75. The van der Waals surface area contributed by atoms with Crippen LogP contribution in [0, 0.1) is 0 Å². The molecule has 3 aromatic rings. The number of amides is 1. The van der Waals surface area contributed by atoms with E-state index in [1.807, 2.05) is 0 Å². The van der Waals surface area contributed by atoms with Crippen LogP contribution in [-0.2, 0) is 0 Å². The van der Waals surface area contributed by atoms with Crippen LogP contribution >= 0.6 is 0 Å². The summed E-state index contributed by atoms with van der Waals surface area (Å²) in [5, 5.41) is 19.6. The number of fused-ring (bicyclic) bond motifs is 2. The number of anilines is 2. The highest BCUT2D eigenvalue weighted by molar-refractivity contribution is 6.08. The van der Waals surface area contributed by atoms with Crippen molar-refractivity contribution in [3.8, 4) is 11.5 Å². The average Bonchev–Trinajstić information content (AvgIpc) is 3.50. The van der Waals surface area contributed by atoms with Gasteiger partial charge in [-0.2, -0.15) is 18.3 Å². The summed E-state index contributed by atoms with van der Waals surface area (Å²) in [5.41, 5.74) is 0.517. The molecule has 0 aliphatic carbocycles. The third-order valence-electron chi connectivity index (χ3n) is 5.61. The number of benzene rings is 1. The number of aromatic nitrogens is 2. The quantitative estimate of drug-likeness (QED) is 0.532. The number of nitrogens with zero attached hydrogens (tertiary/aromatic N) is 2. The van der Waals surface area contributed by atoms with Crippen LogP contribution in [0.25, 0.3) is 0 Å². The summed E-state index contributed by atoms with van der Waals surface area (Å²) in [4.78, 5) is 13.1. The molecule has 33 heavy (non-hydrogen) atoms. The van der Waals surface area contributed by atoms with Crippen molar-refractivity contribution in [2.24, 2.45) is 0 Å². The van der Waals surface area contributed by atoms with Crippen molar-refractivity contribution in [2.45, 2.75) is 37.7 Å². The number of hydrogen-bond acceptors (Lipinski definition) is 7. The Morgan fingerprint density at radius 2 is 2.09 bits per heavy atom. The van der Waals surface area contributed by atoms with Gasteiger partial charge >= 0.3 is 6.18 Å². The van der Waals surface area contributed by atoms with Crippen molar-refractivity contribution in [3.05, 3.63) is 53.6 Å². The van der Waals surface area contributed by atoms with Crippen molar-refractivity contribution >= 4 is 17.4 Å². The fourth-order valence-electron chi connectivity index (χ4n) is 4.01. The van der Waals surface area contributed by atoms with Crippen molar-refractivity contribution in [3.63, 3.8) is 0 Å². The van der Waals surface area contributed by atoms with Gasteiger partial charge in [-0.3, -0.25) is 4.79 Å². The molecule has 0 spiro atoms. The number of nitrogens with one attached hydrogen (secondary N) is 2. The first-order valence-electron chi connectivity index (χ1n) is 10.1. The Kier molecular flexibility index (Phi) is 4.96. The molecule has 0 fully saturated rings. The number of alkyl halides is 3. The lowest BCUT2D eigenvalue weighted by molar-refractivity contribution is -0.174. The SMILES string of the molecule is C[C@H](O)c1cc2c(cc1NC(=O)c1cnn3c1N[C@@H](c1ccco1)C[C@@H]3C(F)(F)F)OCO2. The van der Waals surface area contributed by atoms with Crippen LogP contribution in [0.4, 0.5) is 24.7 Å². The summed E-state index contributed by atoms with van der Waals surface area (Å²) in [6.07, 6.45) is -3.43. The lowest BCUT2D eigenvalue weighted by Crippen LogP contribution is -2.36. The monoisotopic (exact) mass is 464 g/mol. The lowest BCUT2D eigenvalue weighted by Gasteiger charge is -2.32. The standard InChI is InChI=1S/C21H19F3N4O5/c1-10(29)11-5-16-17(33-9-32-16)6-13(11)27-20(30)12-8-25-28-18(21(22,23)24)7-14(26-19(12)28)15-3-2-4-31-15/h2-6,8,10,14,18,26,29H,7,9H2,1H3,(H,27,30)/t10-,14+,18+/m0/s1. The van der Waals surface area contributed by atoms with Gasteiger partial charge in [-0.15, -0.1) is 0 Å². The average molecular weight is 464 g/mol. The van der Waals surface area contributed by atoms with Crippen LogP contribution < -0.4 is 20.1 Å². The predicted molar refractivity (Wildman–Crippen MR) is 108 cm³/mol. The number of rotatable bonds is 4. The van der Waals surface area contributed by atoms with E-state index in [1.54, 1.807) is 18.2 Å². The molecule has 1 aromatic carbocycles. The molecule has 2 aliphatic heterocycles. The molecule has 0 bridgehead atoms. The molecule has 3 atom stereocenters.